The molecule has 2 N–H and O–H groups in total. The van der Waals surface area contributed by atoms with E-state index in [1.165, 1.54) is 31.0 Å². The molecular weight excluding hydrogens is 329 g/mol. The third kappa shape index (κ3) is 4.85. The number of carbonyl (C=O) groups is 1. The first-order valence-corrected chi connectivity index (χ1v) is 7.34. The molecule has 1 amide bonds. The molecule has 20 heavy (non-hydrogen) atoms. The van der Waals surface area contributed by atoms with Crippen molar-refractivity contribution in [3.8, 4) is 0 Å². The van der Waals surface area contributed by atoms with Crippen molar-refractivity contribution in [2.45, 2.75) is 18.9 Å². The molecular formula is C14H17BrFNO3. The van der Waals surface area contributed by atoms with E-state index in [1.54, 1.807) is 0 Å². The number of hydrogen-bond donors (Lipinski definition) is 2. The monoisotopic (exact) mass is 345 g/mol. The van der Waals surface area contributed by atoms with Gasteiger partial charge in [0, 0.05) is 18.7 Å². The lowest BCUT2D eigenvalue weighted by Crippen LogP contribution is -2.34. The molecule has 1 unspecified atom stereocenters. The quantitative estimate of drug-likeness (QED) is 0.795. The van der Waals surface area contributed by atoms with Crippen LogP contribution in [0.5, 0.6) is 0 Å². The molecule has 1 aliphatic rings. The number of halogens is 2. The van der Waals surface area contributed by atoms with Gasteiger partial charge >= 0.3 is 0 Å². The van der Waals surface area contributed by atoms with Crippen molar-refractivity contribution in [1.29, 1.82) is 0 Å². The summed E-state index contributed by atoms with van der Waals surface area (Å²) in [5.74, 6) is -0.129. The fraction of sp³-hybridized carbons (Fsp3) is 0.500. The maximum absolute atomic E-state index is 13.1. The summed E-state index contributed by atoms with van der Waals surface area (Å²) in [6.07, 6.45) is 1.67. The zero-order chi connectivity index (χ0) is 14.5. The van der Waals surface area contributed by atoms with Crippen LogP contribution in [0.25, 0.3) is 0 Å². The van der Waals surface area contributed by atoms with E-state index in [2.05, 4.69) is 21.2 Å². The fourth-order valence-corrected chi connectivity index (χ4v) is 2.04. The van der Waals surface area contributed by atoms with E-state index >= 15 is 0 Å². The Balaban J connectivity index is 1.71. The van der Waals surface area contributed by atoms with Crippen LogP contribution in [0.1, 0.15) is 23.2 Å². The minimum absolute atomic E-state index is 0.110. The minimum atomic E-state index is -0.735. The summed E-state index contributed by atoms with van der Waals surface area (Å²) in [7, 11) is 0. The van der Waals surface area contributed by atoms with Gasteiger partial charge in [-0.2, -0.15) is 0 Å². The van der Waals surface area contributed by atoms with E-state index in [0.29, 0.717) is 18.1 Å². The van der Waals surface area contributed by atoms with Crippen LogP contribution in [0, 0.1) is 11.7 Å². The highest BCUT2D eigenvalue weighted by atomic mass is 79.9. The Morgan fingerprint density at radius 3 is 2.95 bits per heavy atom. The Morgan fingerprint density at radius 2 is 2.30 bits per heavy atom. The Hall–Kier alpha value is -0.980. The number of ether oxygens (including phenoxy) is 1. The van der Waals surface area contributed by atoms with Crippen LogP contribution < -0.4 is 5.32 Å². The van der Waals surface area contributed by atoms with Crippen LogP contribution in [0.3, 0.4) is 0 Å². The summed E-state index contributed by atoms with van der Waals surface area (Å²) >= 11 is 3.02. The van der Waals surface area contributed by atoms with E-state index < -0.39 is 11.9 Å². The third-order valence-electron chi connectivity index (χ3n) is 3.04. The second kappa shape index (κ2) is 7.15. The Morgan fingerprint density at radius 1 is 1.55 bits per heavy atom. The van der Waals surface area contributed by atoms with Crippen LogP contribution in [0.15, 0.2) is 22.7 Å². The topological polar surface area (TPSA) is 58.6 Å². The van der Waals surface area contributed by atoms with Gasteiger partial charge in [-0.25, -0.2) is 4.39 Å². The number of benzene rings is 1. The summed E-state index contributed by atoms with van der Waals surface area (Å²) in [4.78, 5) is 11.8. The molecule has 4 nitrogen and oxygen atoms in total. The van der Waals surface area contributed by atoms with Gasteiger partial charge in [-0.15, -0.1) is 0 Å². The van der Waals surface area contributed by atoms with Gasteiger partial charge in [0.15, 0.2) is 0 Å². The third-order valence-corrected chi connectivity index (χ3v) is 3.65. The first-order chi connectivity index (χ1) is 9.56. The minimum Gasteiger partial charge on any atom is -0.389 e. The summed E-state index contributed by atoms with van der Waals surface area (Å²) in [5, 5.41) is 12.3. The van der Waals surface area contributed by atoms with Crippen molar-refractivity contribution in [1.82, 2.24) is 5.32 Å². The standard InChI is InChI=1S/C14H17BrFNO3/c15-12-5-10(3-4-13(12)16)14(19)17-6-11(18)8-20-7-9-1-2-9/h3-5,9,11,18H,1-2,6-8H2,(H,17,19). The molecule has 6 heteroatoms. The smallest absolute Gasteiger partial charge is 0.251 e. The molecule has 1 aromatic carbocycles. The van der Waals surface area contributed by atoms with E-state index in [1.807, 2.05) is 0 Å². The predicted octanol–water partition coefficient (Wildman–Crippen LogP) is 2.11. The van der Waals surface area contributed by atoms with Gasteiger partial charge in [0.1, 0.15) is 5.82 Å². The molecule has 0 bridgehead atoms. The number of rotatable bonds is 7. The van der Waals surface area contributed by atoms with Gasteiger partial charge in [0.2, 0.25) is 0 Å². The SMILES string of the molecule is O=C(NCC(O)COCC1CC1)c1ccc(F)c(Br)c1. The van der Waals surface area contributed by atoms with Gasteiger partial charge in [0.05, 0.1) is 17.2 Å². The second-order valence-corrected chi connectivity index (χ2v) is 5.83. The van der Waals surface area contributed by atoms with E-state index in [-0.39, 0.29) is 23.5 Å². The van der Waals surface area contributed by atoms with Crippen molar-refractivity contribution < 1.29 is 19.0 Å². The fourth-order valence-electron chi connectivity index (χ4n) is 1.66. The van der Waals surface area contributed by atoms with Gasteiger partial charge in [-0.05, 0) is 52.9 Å². The number of aliphatic hydroxyl groups excluding tert-OH is 1. The molecule has 0 aliphatic heterocycles. The largest absolute Gasteiger partial charge is 0.389 e. The lowest BCUT2D eigenvalue weighted by molar-refractivity contribution is 0.0320. The normalized spacial score (nSPS) is 15.9. The molecule has 1 atom stereocenters. The summed E-state index contributed by atoms with van der Waals surface area (Å²) in [5.41, 5.74) is 0.337. The van der Waals surface area contributed by atoms with Crippen molar-refractivity contribution in [3.05, 3.63) is 34.1 Å². The van der Waals surface area contributed by atoms with Crippen molar-refractivity contribution in [2.75, 3.05) is 19.8 Å². The Labute approximate surface area is 125 Å². The van der Waals surface area contributed by atoms with Crippen LogP contribution in [-0.4, -0.2) is 36.9 Å². The highest BCUT2D eigenvalue weighted by Gasteiger charge is 2.21. The van der Waals surface area contributed by atoms with Crippen molar-refractivity contribution in [3.63, 3.8) is 0 Å². The first-order valence-electron chi connectivity index (χ1n) is 6.55. The number of amides is 1. The lowest BCUT2D eigenvalue weighted by atomic mass is 10.2. The molecule has 0 radical (unpaired) electrons. The molecule has 2 rings (SSSR count). The molecule has 1 aromatic rings. The average molecular weight is 346 g/mol. The van der Waals surface area contributed by atoms with Crippen LogP contribution in [0.4, 0.5) is 4.39 Å². The van der Waals surface area contributed by atoms with Crippen molar-refractivity contribution in [2.24, 2.45) is 5.92 Å². The van der Waals surface area contributed by atoms with Gasteiger partial charge in [-0.3, -0.25) is 4.79 Å². The number of hydrogen-bond acceptors (Lipinski definition) is 3. The summed E-state index contributed by atoms with van der Waals surface area (Å²) in [6, 6.07) is 4.01. The van der Waals surface area contributed by atoms with Crippen LogP contribution in [0.2, 0.25) is 0 Å². The van der Waals surface area contributed by atoms with Gasteiger partial charge in [0.25, 0.3) is 5.91 Å². The van der Waals surface area contributed by atoms with Gasteiger partial charge in [-0.1, -0.05) is 0 Å². The zero-order valence-electron chi connectivity index (χ0n) is 10.9. The van der Waals surface area contributed by atoms with E-state index in [0.717, 1.165) is 0 Å². The maximum atomic E-state index is 13.1. The lowest BCUT2D eigenvalue weighted by Gasteiger charge is -2.12. The Kier molecular flexibility index (Phi) is 5.51. The molecule has 0 spiro atoms. The highest BCUT2D eigenvalue weighted by molar-refractivity contribution is 9.10. The predicted molar refractivity (Wildman–Crippen MR) is 76.0 cm³/mol. The number of carbonyl (C=O) groups excluding carboxylic acids is 1. The van der Waals surface area contributed by atoms with E-state index in [9.17, 15) is 14.3 Å². The number of nitrogens with one attached hydrogen (secondary N) is 1. The summed E-state index contributed by atoms with van der Waals surface area (Å²) < 4.78 is 18.6. The van der Waals surface area contributed by atoms with Crippen LogP contribution >= 0.6 is 15.9 Å². The van der Waals surface area contributed by atoms with Crippen molar-refractivity contribution >= 4 is 21.8 Å². The molecule has 1 saturated carbocycles. The second-order valence-electron chi connectivity index (χ2n) is 4.97. The van der Waals surface area contributed by atoms with E-state index in [4.69, 9.17) is 4.74 Å². The summed E-state index contributed by atoms with van der Waals surface area (Å²) in [6.45, 7) is 0.998. The highest BCUT2D eigenvalue weighted by Crippen LogP contribution is 2.28. The van der Waals surface area contributed by atoms with Crippen LogP contribution in [-0.2, 0) is 4.74 Å². The molecule has 110 valence electrons. The molecule has 1 fully saturated rings. The average Bonchev–Trinajstić information content (AvgIpc) is 3.23. The zero-order valence-corrected chi connectivity index (χ0v) is 12.5. The Bertz CT molecular complexity index is 479. The molecule has 0 aromatic heterocycles. The molecule has 1 aliphatic carbocycles. The molecule has 0 heterocycles. The maximum Gasteiger partial charge on any atom is 0.251 e. The number of aliphatic hydroxyl groups is 1. The first kappa shape index (κ1) is 15.4. The molecule has 0 saturated heterocycles. The van der Waals surface area contributed by atoms with Gasteiger partial charge < -0.3 is 15.2 Å².